The Balaban J connectivity index is 1.62. The Kier molecular flexibility index (Phi) is 6.38. The van der Waals surface area contributed by atoms with Gasteiger partial charge in [-0.1, -0.05) is 35.5 Å². The minimum Gasteiger partial charge on any atom is -0.357 e. The predicted octanol–water partition coefficient (Wildman–Crippen LogP) is 4.16. The molecule has 138 valence electrons. The van der Waals surface area contributed by atoms with Gasteiger partial charge in [-0.15, -0.1) is 0 Å². The summed E-state index contributed by atoms with van der Waals surface area (Å²) in [5, 5.41) is 4.12. The van der Waals surface area contributed by atoms with Crippen molar-refractivity contribution in [2.75, 3.05) is 18.0 Å². The number of benzene rings is 1. The lowest BCUT2D eigenvalue weighted by atomic mass is 10.1. The fraction of sp³-hybridized carbons (Fsp3) is 0.421. The second-order valence-electron chi connectivity index (χ2n) is 6.24. The molecule has 2 aromatic rings. The maximum absolute atomic E-state index is 12.0. The number of anilines is 1. The molecule has 1 aliphatic rings. The Labute approximate surface area is 163 Å². The van der Waals surface area contributed by atoms with Crippen LogP contribution in [0.25, 0.3) is 0 Å². The number of nitrogens with one attached hydrogen (secondary N) is 1. The Morgan fingerprint density at radius 1 is 1.23 bits per heavy atom. The number of thioether (sulfide) groups is 1. The molecule has 0 spiro atoms. The number of hydrogen-bond donors (Lipinski definition) is 1. The lowest BCUT2D eigenvalue weighted by Crippen LogP contribution is -2.25. The summed E-state index contributed by atoms with van der Waals surface area (Å²) in [6.45, 7) is 5.93. The third-order valence-electron chi connectivity index (χ3n) is 4.24. The molecule has 26 heavy (non-hydrogen) atoms. The van der Waals surface area contributed by atoms with Gasteiger partial charge in [-0.2, -0.15) is 0 Å². The number of carbonyl (C=O) groups excluding carboxylic acids is 1. The van der Waals surface area contributed by atoms with E-state index in [0.29, 0.717) is 21.9 Å². The van der Waals surface area contributed by atoms with E-state index in [1.54, 1.807) is 17.8 Å². The van der Waals surface area contributed by atoms with E-state index in [0.717, 1.165) is 43.1 Å². The average molecular weight is 391 g/mol. The number of halogens is 1. The molecule has 1 aromatic carbocycles. The molecule has 0 unspecified atom stereocenters. The van der Waals surface area contributed by atoms with E-state index < -0.39 is 0 Å². The van der Waals surface area contributed by atoms with Crippen LogP contribution in [0.4, 0.5) is 5.82 Å². The van der Waals surface area contributed by atoms with E-state index >= 15 is 0 Å². The first-order valence-electron chi connectivity index (χ1n) is 8.91. The number of nitrogens with zero attached hydrogens (tertiary/aromatic N) is 3. The molecule has 0 radical (unpaired) electrons. The van der Waals surface area contributed by atoms with Crippen LogP contribution in [0, 0.1) is 0 Å². The first kappa shape index (κ1) is 19.0. The zero-order valence-corrected chi connectivity index (χ0v) is 16.6. The first-order chi connectivity index (χ1) is 12.6. The van der Waals surface area contributed by atoms with Crippen LogP contribution in [-0.4, -0.2) is 35.0 Å². The predicted molar refractivity (Wildman–Crippen MR) is 107 cm³/mol. The third-order valence-corrected chi connectivity index (χ3v) is 5.36. The molecule has 1 aromatic heterocycles. The summed E-state index contributed by atoms with van der Waals surface area (Å²) in [6, 6.07) is 9.86. The minimum atomic E-state index is 0.00809. The lowest BCUT2D eigenvalue weighted by Gasteiger charge is -2.20. The maximum Gasteiger partial charge on any atom is 0.251 e. The number of hydrogen-bond acceptors (Lipinski definition) is 5. The highest BCUT2D eigenvalue weighted by molar-refractivity contribution is 7.98. The molecule has 1 N–H and O–H groups in total. The van der Waals surface area contributed by atoms with Crippen molar-refractivity contribution < 1.29 is 4.79 Å². The van der Waals surface area contributed by atoms with E-state index in [4.69, 9.17) is 11.6 Å². The highest BCUT2D eigenvalue weighted by Gasteiger charge is 2.23. The van der Waals surface area contributed by atoms with Gasteiger partial charge in [-0.05, 0) is 44.4 Å². The van der Waals surface area contributed by atoms with E-state index in [9.17, 15) is 4.79 Å². The van der Waals surface area contributed by atoms with E-state index in [1.807, 2.05) is 24.3 Å². The summed E-state index contributed by atoms with van der Waals surface area (Å²) < 4.78 is 0. The summed E-state index contributed by atoms with van der Waals surface area (Å²) in [6.07, 6.45) is 2.19. The molecule has 3 rings (SSSR count). The molecule has 0 atom stereocenters. The summed E-state index contributed by atoms with van der Waals surface area (Å²) in [4.78, 5) is 23.1. The van der Waals surface area contributed by atoms with Crippen LogP contribution in [0.2, 0.25) is 5.15 Å². The van der Waals surface area contributed by atoms with Crippen molar-refractivity contribution in [3.05, 3.63) is 46.6 Å². The molecule has 1 amide bonds. The van der Waals surface area contributed by atoms with Crippen LogP contribution in [0.1, 0.15) is 42.6 Å². The summed E-state index contributed by atoms with van der Waals surface area (Å²) in [7, 11) is 0. The van der Waals surface area contributed by atoms with Crippen LogP contribution in [0.3, 0.4) is 0 Å². The largest absolute Gasteiger partial charge is 0.357 e. The van der Waals surface area contributed by atoms with Crippen LogP contribution in [0.15, 0.2) is 35.5 Å². The van der Waals surface area contributed by atoms with E-state index in [2.05, 4.69) is 34.0 Å². The van der Waals surface area contributed by atoms with Gasteiger partial charge in [0.05, 0.1) is 0 Å². The molecule has 0 aliphatic heterocycles. The van der Waals surface area contributed by atoms with Gasteiger partial charge < -0.3 is 10.2 Å². The maximum atomic E-state index is 12.0. The second kappa shape index (κ2) is 8.73. The molecule has 1 heterocycles. The number of rotatable bonds is 8. The van der Waals surface area contributed by atoms with Crippen molar-refractivity contribution in [3.8, 4) is 0 Å². The van der Waals surface area contributed by atoms with Crippen molar-refractivity contribution in [1.29, 1.82) is 0 Å². The van der Waals surface area contributed by atoms with Crippen molar-refractivity contribution in [1.82, 2.24) is 15.3 Å². The van der Waals surface area contributed by atoms with Crippen LogP contribution in [-0.2, 0) is 5.75 Å². The zero-order chi connectivity index (χ0) is 18.5. The van der Waals surface area contributed by atoms with E-state index in [1.165, 1.54) is 0 Å². The fourth-order valence-electron chi connectivity index (χ4n) is 2.56. The quantitative estimate of drug-likeness (QED) is 0.416. The Hall–Kier alpha value is -1.79. The Morgan fingerprint density at radius 2 is 1.92 bits per heavy atom. The average Bonchev–Trinajstić information content (AvgIpc) is 3.45. The normalized spacial score (nSPS) is 13.5. The Morgan fingerprint density at radius 3 is 2.54 bits per heavy atom. The zero-order valence-electron chi connectivity index (χ0n) is 15.0. The monoisotopic (exact) mass is 390 g/mol. The van der Waals surface area contributed by atoms with Gasteiger partial charge in [-0.25, -0.2) is 9.97 Å². The molecule has 5 nitrogen and oxygen atoms in total. The SMILES string of the molecule is CCN(CC)c1cc(Cl)nc(SCc2ccc(C(=O)NC3CC3)cc2)n1. The first-order valence-corrected chi connectivity index (χ1v) is 10.3. The lowest BCUT2D eigenvalue weighted by molar-refractivity contribution is 0.0951. The molecule has 1 aliphatic carbocycles. The molecule has 1 saturated carbocycles. The topological polar surface area (TPSA) is 58.1 Å². The van der Waals surface area contributed by atoms with Gasteiger partial charge in [0.1, 0.15) is 11.0 Å². The van der Waals surface area contributed by atoms with Gasteiger partial charge in [0.15, 0.2) is 5.16 Å². The molecular formula is C19H23ClN4OS. The van der Waals surface area contributed by atoms with Gasteiger partial charge in [-0.3, -0.25) is 4.79 Å². The van der Waals surface area contributed by atoms with Crippen LogP contribution < -0.4 is 10.2 Å². The van der Waals surface area contributed by atoms with Crippen molar-refractivity contribution in [2.45, 2.75) is 43.6 Å². The smallest absolute Gasteiger partial charge is 0.251 e. The second-order valence-corrected chi connectivity index (χ2v) is 7.57. The van der Waals surface area contributed by atoms with Crippen LogP contribution >= 0.6 is 23.4 Å². The highest BCUT2D eigenvalue weighted by Crippen LogP contribution is 2.25. The van der Waals surface area contributed by atoms with Crippen molar-refractivity contribution >= 4 is 35.1 Å². The molecule has 0 bridgehead atoms. The highest BCUT2D eigenvalue weighted by atomic mass is 35.5. The minimum absolute atomic E-state index is 0.00809. The summed E-state index contributed by atoms with van der Waals surface area (Å²) in [5.41, 5.74) is 1.82. The van der Waals surface area contributed by atoms with Gasteiger partial charge in [0.2, 0.25) is 0 Å². The number of amides is 1. The van der Waals surface area contributed by atoms with E-state index in [-0.39, 0.29) is 5.91 Å². The molecule has 7 heteroatoms. The number of carbonyl (C=O) groups is 1. The van der Waals surface area contributed by atoms with Crippen molar-refractivity contribution in [3.63, 3.8) is 0 Å². The van der Waals surface area contributed by atoms with Gasteiger partial charge in [0, 0.05) is 36.5 Å². The van der Waals surface area contributed by atoms with Crippen molar-refractivity contribution in [2.24, 2.45) is 0 Å². The summed E-state index contributed by atoms with van der Waals surface area (Å²) in [5.74, 6) is 1.58. The molecule has 1 fully saturated rings. The Bertz CT molecular complexity index is 761. The third kappa shape index (κ3) is 5.11. The molecular weight excluding hydrogens is 368 g/mol. The fourth-order valence-corrected chi connectivity index (χ4v) is 3.59. The standard InChI is InChI=1S/C19H23ClN4OS/c1-3-24(4-2)17-11-16(20)22-19(23-17)26-12-13-5-7-14(8-6-13)18(25)21-15-9-10-15/h5-8,11,15H,3-4,9-10,12H2,1-2H3,(H,21,25). The number of aromatic nitrogens is 2. The van der Waals surface area contributed by atoms with Crippen LogP contribution in [0.5, 0.6) is 0 Å². The summed E-state index contributed by atoms with van der Waals surface area (Å²) >= 11 is 7.70. The van der Waals surface area contributed by atoms with Gasteiger partial charge >= 0.3 is 0 Å². The molecule has 0 saturated heterocycles. The van der Waals surface area contributed by atoms with Gasteiger partial charge in [0.25, 0.3) is 5.91 Å².